The number of hydrogen-bond acceptors (Lipinski definition) is 4. The third kappa shape index (κ3) is 3.96. The fraction of sp³-hybridized carbons (Fsp3) is 0.314. The van der Waals surface area contributed by atoms with Crippen LogP contribution in [-0.2, 0) is 29.1 Å². The molecule has 6 rings (SSSR count). The predicted molar refractivity (Wildman–Crippen MR) is 154 cm³/mol. The van der Waals surface area contributed by atoms with Crippen molar-refractivity contribution >= 4 is 0 Å². The van der Waals surface area contributed by atoms with Crippen molar-refractivity contribution in [3.05, 3.63) is 117 Å². The minimum atomic E-state index is -0.326. The Hall–Kier alpha value is -3.92. The van der Waals surface area contributed by atoms with E-state index in [0.29, 0.717) is 12.8 Å². The molecule has 0 saturated carbocycles. The highest BCUT2D eigenvalue weighted by molar-refractivity contribution is 5.64. The van der Waals surface area contributed by atoms with Crippen LogP contribution in [0.25, 0.3) is 0 Å². The summed E-state index contributed by atoms with van der Waals surface area (Å²) in [5.41, 5.74) is 7.26. The fourth-order valence-electron chi connectivity index (χ4n) is 7.48. The van der Waals surface area contributed by atoms with Gasteiger partial charge in [0, 0.05) is 18.3 Å². The van der Waals surface area contributed by atoms with Gasteiger partial charge in [0.25, 0.3) is 0 Å². The van der Waals surface area contributed by atoms with E-state index in [-0.39, 0.29) is 39.2 Å². The van der Waals surface area contributed by atoms with Gasteiger partial charge in [0.2, 0.25) is 0 Å². The minimum Gasteiger partial charge on any atom is -0.508 e. The smallest absolute Gasteiger partial charge is 0.119 e. The molecule has 4 nitrogen and oxygen atoms in total. The Morgan fingerprint density at radius 2 is 0.872 bits per heavy atom. The zero-order valence-electron chi connectivity index (χ0n) is 23.0. The molecule has 0 bridgehead atoms. The van der Waals surface area contributed by atoms with E-state index in [1.807, 2.05) is 36.4 Å². The fourth-order valence-corrected chi connectivity index (χ4v) is 7.48. The van der Waals surface area contributed by atoms with Crippen LogP contribution in [0.5, 0.6) is 23.0 Å². The third-order valence-electron chi connectivity index (χ3n) is 9.16. The quantitative estimate of drug-likeness (QED) is 0.227. The summed E-state index contributed by atoms with van der Waals surface area (Å²) in [6.07, 6.45) is 2.66. The van der Waals surface area contributed by atoms with Crippen LogP contribution < -0.4 is 0 Å². The monoisotopic (exact) mass is 520 g/mol. The summed E-state index contributed by atoms with van der Waals surface area (Å²) in [4.78, 5) is 0. The van der Waals surface area contributed by atoms with Gasteiger partial charge in [-0.05, 0) is 92.4 Å². The molecule has 4 N–H and O–H groups in total. The first-order valence-corrected chi connectivity index (χ1v) is 13.7. The molecule has 0 aliphatic heterocycles. The van der Waals surface area contributed by atoms with E-state index in [4.69, 9.17) is 0 Å². The summed E-state index contributed by atoms with van der Waals surface area (Å²) in [6, 6.07) is 22.7. The summed E-state index contributed by atoms with van der Waals surface area (Å²) in [7, 11) is 0. The first kappa shape index (κ1) is 25.4. The maximum absolute atomic E-state index is 11.3. The van der Waals surface area contributed by atoms with Gasteiger partial charge in [-0.3, -0.25) is 0 Å². The molecule has 2 aliphatic rings. The van der Waals surface area contributed by atoms with Crippen molar-refractivity contribution in [1.82, 2.24) is 0 Å². The Bertz CT molecular complexity index is 1490. The molecule has 2 aliphatic carbocycles. The summed E-state index contributed by atoms with van der Waals surface area (Å²) in [6.45, 7) is 9.05. The predicted octanol–water partition coefficient (Wildman–Crippen LogP) is 7.34. The van der Waals surface area contributed by atoms with E-state index < -0.39 is 0 Å². The number of hydrogen-bond donors (Lipinski definition) is 4. The molecule has 0 radical (unpaired) electrons. The maximum atomic E-state index is 11.3. The van der Waals surface area contributed by atoms with E-state index in [1.165, 1.54) is 11.1 Å². The molecule has 0 heterocycles. The van der Waals surface area contributed by atoms with Gasteiger partial charge < -0.3 is 20.4 Å². The summed E-state index contributed by atoms with van der Waals surface area (Å²) >= 11 is 0. The van der Waals surface area contributed by atoms with Crippen molar-refractivity contribution in [2.24, 2.45) is 0 Å². The topological polar surface area (TPSA) is 80.9 Å². The van der Waals surface area contributed by atoms with Crippen LogP contribution in [0.3, 0.4) is 0 Å². The number of rotatable bonds is 4. The number of benzene rings is 4. The van der Waals surface area contributed by atoms with Crippen molar-refractivity contribution in [3.8, 4) is 23.0 Å². The van der Waals surface area contributed by atoms with Crippen LogP contribution in [0.15, 0.2) is 72.8 Å². The van der Waals surface area contributed by atoms with E-state index in [9.17, 15) is 20.4 Å². The largest absolute Gasteiger partial charge is 0.508 e. The second-order valence-electron chi connectivity index (χ2n) is 12.9. The molecule has 0 atom stereocenters. The Balaban J connectivity index is 1.47. The van der Waals surface area contributed by atoms with Gasteiger partial charge in [0.05, 0.1) is 0 Å². The van der Waals surface area contributed by atoms with E-state index in [2.05, 4.69) is 39.8 Å². The normalized spacial score (nSPS) is 17.7. The zero-order valence-corrected chi connectivity index (χ0v) is 23.0. The molecular formula is C35H36O4. The lowest BCUT2D eigenvalue weighted by atomic mass is 9.72. The molecule has 0 fully saturated rings. The molecule has 0 saturated heterocycles. The van der Waals surface area contributed by atoms with E-state index in [0.717, 1.165) is 46.2 Å². The molecule has 4 aromatic carbocycles. The highest BCUT2D eigenvalue weighted by Gasteiger charge is 2.56. The van der Waals surface area contributed by atoms with E-state index in [1.54, 1.807) is 24.3 Å². The van der Waals surface area contributed by atoms with Crippen LogP contribution in [-0.4, -0.2) is 20.4 Å². The van der Waals surface area contributed by atoms with Crippen LogP contribution >= 0.6 is 0 Å². The van der Waals surface area contributed by atoms with Gasteiger partial charge in [-0.2, -0.15) is 0 Å². The zero-order chi connectivity index (χ0) is 27.7. The highest BCUT2D eigenvalue weighted by Crippen LogP contribution is 2.64. The van der Waals surface area contributed by atoms with Gasteiger partial charge in [-0.15, -0.1) is 0 Å². The lowest BCUT2D eigenvalue weighted by Crippen LogP contribution is -2.26. The van der Waals surface area contributed by atoms with Crippen LogP contribution in [0, 0.1) is 0 Å². The second kappa shape index (κ2) is 8.54. The van der Waals surface area contributed by atoms with Gasteiger partial charge in [-0.25, -0.2) is 0 Å². The van der Waals surface area contributed by atoms with Crippen molar-refractivity contribution in [1.29, 1.82) is 0 Å². The van der Waals surface area contributed by atoms with Crippen molar-refractivity contribution < 1.29 is 20.4 Å². The molecule has 4 heteroatoms. The maximum Gasteiger partial charge on any atom is 0.119 e. The molecule has 0 unspecified atom stereocenters. The summed E-state index contributed by atoms with van der Waals surface area (Å²) in [5.74, 6) is 0.936. The summed E-state index contributed by atoms with van der Waals surface area (Å²) < 4.78 is 0. The highest BCUT2D eigenvalue weighted by atomic mass is 16.3. The number of aromatic hydroxyl groups is 4. The Morgan fingerprint density at radius 1 is 0.487 bits per heavy atom. The Morgan fingerprint density at radius 3 is 1.26 bits per heavy atom. The molecule has 4 aromatic rings. The Kier molecular flexibility index (Phi) is 5.55. The summed E-state index contributed by atoms with van der Waals surface area (Å²) in [5, 5.41) is 43.2. The van der Waals surface area contributed by atoms with Gasteiger partial charge in [0.1, 0.15) is 23.0 Å². The molecule has 0 aromatic heterocycles. The molecule has 39 heavy (non-hydrogen) atoms. The lowest BCUT2D eigenvalue weighted by Gasteiger charge is -2.30. The number of phenolic OH excluding ortho intramolecular Hbond substituents is 4. The third-order valence-corrected chi connectivity index (χ3v) is 9.16. The Labute approximate surface area is 230 Å². The molecule has 1 spiro atoms. The lowest BCUT2D eigenvalue weighted by molar-refractivity contribution is 0.348. The van der Waals surface area contributed by atoms with Crippen LogP contribution in [0.1, 0.15) is 85.0 Å². The van der Waals surface area contributed by atoms with Gasteiger partial charge >= 0.3 is 0 Å². The number of fused-ring (bicyclic) bond motifs is 4. The van der Waals surface area contributed by atoms with Crippen molar-refractivity contribution in [3.63, 3.8) is 0 Å². The number of para-hydroxylation sites is 2. The average Bonchev–Trinajstić information content (AvgIpc) is 3.21. The molecular weight excluding hydrogens is 484 g/mol. The van der Waals surface area contributed by atoms with E-state index >= 15 is 0 Å². The van der Waals surface area contributed by atoms with Crippen LogP contribution in [0.4, 0.5) is 0 Å². The standard InChI is InChI=1S/C35H36O4/c1-33(2)19-35(27-17-31(38)23(15-25(27)33)13-21-9-5-7-11-29(21)36)20-34(3,4)26-16-24(32(39)18-28(26)35)14-22-10-6-8-12-30(22)37/h5-12,15-18,36-39H,13-14,19-20H2,1-4H3. The molecule has 200 valence electrons. The second-order valence-corrected chi connectivity index (χ2v) is 12.9. The number of phenols is 4. The van der Waals surface area contributed by atoms with Gasteiger partial charge in [0.15, 0.2) is 0 Å². The first-order chi connectivity index (χ1) is 18.4. The van der Waals surface area contributed by atoms with Crippen molar-refractivity contribution in [2.45, 2.75) is 69.6 Å². The average molecular weight is 521 g/mol. The SMILES string of the molecule is CC1(C)CC2(CC(C)(C)c3cc(Cc4ccccc4O)c(O)cc32)c2cc(O)c(Cc3ccccc3O)cc21. The van der Waals surface area contributed by atoms with Gasteiger partial charge in [-0.1, -0.05) is 76.2 Å². The first-order valence-electron chi connectivity index (χ1n) is 13.7. The molecule has 0 amide bonds. The minimum absolute atomic E-state index is 0.141. The van der Waals surface area contributed by atoms with Crippen molar-refractivity contribution in [2.75, 3.05) is 0 Å². The van der Waals surface area contributed by atoms with Crippen LogP contribution in [0.2, 0.25) is 0 Å².